The van der Waals surface area contributed by atoms with Crippen LogP contribution in [0.3, 0.4) is 0 Å². The molecule has 4 heteroatoms. The van der Waals surface area contributed by atoms with Gasteiger partial charge in [-0.1, -0.05) is 25.1 Å². The first kappa shape index (κ1) is 18.0. The molecule has 1 saturated carbocycles. The van der Waals surface area contributed by atoms with Crippen LogP contribution in [-0.4, -0.2) is 32.3 Å². The number of carbonyl (C=O) groups is 1. The van der Waals surface area contributed by atoms with E-state index in [1.54, 1.807) is 0 Å². The van der Waals surface area contributed by atoms with E-state index in [1.807, 2.05) is 6.92 Å². The molecule has 0 amide bonds. The summed E-state index contributed by atoms with van der Waals surface area (Å²) in [6, 6.07) is 6.81. The Kier molecular flexibility index (Phi) is 5.32. The van der Waals surface area contributed by atoms with Crippen LogP contribution in [0.5, 0.6) is 0 Å². The molecule has 3 atom stereocenters. The number of rotatable bonds is 5. The summed E-state index contributed by atoms with van der Waals surface area (Å²) in [5, 5.41) is 3.45. The van der Waals surface area contributed by atoms with Crippen molar-refractivity contribution in [1.82, 2.24) is 5.32 Å². The lowest BCUT2D eigenvalue weighted by Gasteiger charge is -2.35. The van der Waals surface area contributed by atoms with Gasteiger partial charge < -0.3 is 14.8 Å². The van der Waals surface area contributed by atoms with Crippen LogP contribution >= 0.6 is 0 Å². The minimum absolute atomic E-state index is 0.0781. The first-order valence-electron chi connectivity index (χ1n) is 10.2. The lowest BCUT2D eigenvalue weighted by atomic mass is 9.80. The van der Waals surface area contributed by atoms with Gasteiger partial charge in [0.05, 0.1) is 25.7 Å². The molecule has 142 valence electrons. The average molecular weight is 357 g/mol. The number of hydrogen-bond donors (Lipinski definition) is 1. The number of ether oxygens (including phenoxy) is 2. The van der Waals surface area contributed by atoms with Crippen molar-refractivity contribution in [3.8, 4) is 0 Å². The van der Waals surface area contributed by atoms with Gasteiger partial charge >= 0.3 is 5.97 Å². The molecule has 0 bridgehead atoms. The molecule has 2 aliphatic heterocycles. The number of nitrogens with one attached hydrogen (secondary N) is 1. The number of methoxy groups -OCH3 is 1. The fourth-order valence-electron chi connectivity index (χ4n) is 4.93. The average Bonchev–Trinajstić information content (AvgIpc) is 3.52. The fourth-order valence-corrected chi connectivity index (χ4v) is 4.93. The van der Waals surface area contributed by atoms with Gasteiger partial charge in [0, 0.05) is 0 Å². The molecule has 0 aromatic heterocycles. The maximum Gasteiger partial charge on any atom is 0.309 e. The van der Waals surface area contributed by atoms with Crippen LogP contribution in [0.2, 0.25) is 0 Å². The molecule has 1 aliphatic carbocycles. The summed E-state index contributed by atoms with van der Waals surface area (Å²) in [5.41, 5.74) is 4.06. The van der Waals surface area contributed by atoms with Gasteiger partial charge in [-0.2, -0.15) is 0 Å². The van der Waals surface area contributed by atoms with Gasteiger partial charge in [0.2, 0.25) is 0 Å². The predicted molar refractivity (Wildman–Crippen MR) is 101 cm³/mol. The molecule has 2 heterocycles. The highest BCUT2D eigenvalue weighted by Crippen LogP contribution is 2.47. The first-order valence-corrected chi connectivity index (χ1v) is 10.2. The van der Waals surface area contributed by atoms with E-state index in [0.717, 1.165) is 26.1 Å². The van der Waals surface area contributed by atoms with Gasteiger partial charge in [-0.05, 0) is 79.6 Å². The normalized spacial score (nSPS) is 26.0. The Balaban J connectivity index is 1.55. The van der Waals surface area contributed by atoms with Gasteiger partial charge in [0.15, 0.2) is 0 Å². The molecule has 2 fully saturated rings. The first-order chi connectivity index (χ1) is 12.7. The molecule has 1 N–H and O–H groups in total. The molecular formula is C22H31NO3. The van der Waals surface area contributed by atoms with Crippen molar-refractivity contribution in [3.05, 3.63) is 34.9 Å². The van der Waals surface area contributed by atoms with Crippen LogP contribution in [-0.2, 0) is 27.3 Å². The third-order valence-electron chi connectivity index (χ3n) is 6.64. The van der Waals surface area contributed by atoms with Crippen LogP contribution in [0.15, 0.2) is 18.2 Å². The van der Waals surface area contributed by atoms with Crippen molar-refractivity contribution in [2.24, 2.45) is 17.8 Å². The van der Waals surface area contributed by atoms with Gasteiger partial charge in [-0.15, -0.1) is 0 Å². The molecule has 1 saturated heterocycles. The molecule has 4 rings (SSSR count). The Bertz CT molecular complexity index is 649. The van der Waals surface area contributed by atoms with Gasteiger partial charge in [0.25, 0.3) is 0 Å². The molecule has 0 radical (unpaired) electrons. The maximum atomic E-state index is 12.2. The highest BCUT2D eigenvalue weighted by atomic mass is 16.5. The van der Waals surface area contributed by atoms with Crippen molar-refractivity contribution in [1.29, 1.82) is 0 Å². The SMILES string of the molecule is COC(=O)[C@@H](C)C(c1ccc2c(c1)CC(C1CCNCC1)OC2)C1CC1. The Labute approximate surface area is 156 Å². The second kappa shape index (κ2) is 7.69. The smallest absolute Gasteiger partial charge is 0.309 e. The predicted octanol–water partition coefficient (Wildman–Crippen LogP) is 3.43. The second-order valence-corrected chi connectivity index (χ2v) is 8.34. The van der Waals surface area contributed by atoms with Gasteiger partial charge in [-0.3, -0.25) is 4.79 Å². The quantitative estimate of drug-likeness (QED) is 0.820. The van der Waals surface area contributed by atoms with E-state index in [9.17, 15) is 4.79 Å². The summed E-state index contributed by atoms with van der Waals surface area (Å²) in [5.74, 6) is 1.41. The lowest BCUT2D eigenvalue weighted by Crippen LogP contribution is -2.38. The maximum absolute atomic E-state index is 12.2. The summed E-state index contributed by atoms with van der Waals surface area (Å²) in [7, 11) is 1.50. The molecule has 1 aromatic carbocycles. The summed E-state index contributed by atoms with van der Waals surface area (Å²) < 4.78 is 11.2. The van der Waals surface area contributed by atoms with E-state index in [0.29, 0.717) is 17.9 Å². The number of fused-ring (bicyclic) bond motifs is 1. The van der Waals surface area contributed by atoms with Crippen LogP contribution in [0.1, 0.15) is 55.2 Å². The zero-order valence-corrected chi connectivity index (χ0v) is 16.0. The molecule has 1 aromatic rings. The largest absolute Gasteiger partial charge is 0.469 e. The van der Waals surface area contributed by atoms with Crippen molar-refractivity contribution < 1.29 is 14.3 Å². The number of piperidine rings is 1. The van der Waals surface area contributed by atoms with Crippen LogP contribution < -0.4 is 5.32 Å². The summed E-state index contributed by atoms with van der Waals surface area (Å²) in [6.07, 6.45) is 6.23. The van der Waals surface area contributed by atoms with E-state index < -0.39 is 0 Å². The highest BCUT2D eigenvalue weighted by molar-refractivity contribution is 5.73. The minimum Gasteiger partial charge on any atom is -0.469 e. The van der Waals surface area contributed by atoms with Crippen molar-refractivity contribution in [2.45, 2.75) is 57.7 Å². The van der Waals surface area contributed by atoms with E-state index in [4.69, 9.17) is 9.47 Å². The topological polar surface area (TPSA) is 47.6 Å². The third kappa shape index (κ3) is 3.67. The molecule has 0 spiro atoms. The van der Waals surface area contributed by atoms with Gasteiger partial charge in [0.1, 0.15) is 0 Å². The molecule has 26 heavy (non-hydrogen) atoms. The molecule has 3 aliphatic rings. The van der Waals surface area contributed by atoms with E-state index in [-0.39, 0.29) is 17.8 Å². The molecule has 2 unspecified atom stereocenters. The number of carbonyl (C=O) groups excluding carboxylic acids is 1. The van der Waals surface area contributed by atoms with Gasteiger partial charge in [-0.25, -0.2) is 0 Å². The Morgan fingerprint density at radius 3 is 2.65 bits per heavy atom. The Morgan fingerprint density at radius 2 is 1.96 bits per heavy atom. The zero-order chi connectivity index (χ0) is 18.1. The summed E-state index contributed by atoms with van der Waals surface area (Å²) in [4.78, 5) is 12.2. The van der Waals surface area contributed by atoms with Crippen molar-refractivity contribution in [2.75, 3.05) is 20.2 Å². The number of hydrogen-bond acceptors (Lipinski definition) is 4. The lowest BCUT2D eigenvalue weighted by molar-refractivity contribution is -0.145. The van der Waals surface area contributed by atoms with Crippen LogP contribution in [0.4, 0.5) is 0 Å². The summed E-state index contributed by atoms with van der Waals surface area (Å²) in [6.45, 7) is 4.97. The standard InChI is InChI=1S/C22H31NO3/c1-14(22(24)25-2)21(16-3-4-16)17-5-6-18-13-26-20(12-19(18)11-17)15-7-9-23-10-8-15/h5-6,11,14-16,20-21,23H,3-4,7-10,12-13H2,1-2H3/t14-,20?,21?/m0/s1. The van der Waals surface area contributed by atoms with E-state index in [2.05, 4.69) is 23.5 Å². The number of benzene rings is 1. The number of esters is 1. The third-order valence-corrected chi connectivity index (χ3v) is 6.64. The van der Waals surface area contributed by atoms with Crippen molar-refractivity contribution in [3.63, 3.8) is 0 Å². The molecular weight excluding hydrogens is 326 g/mol. The Hall–Kier alpha value is -1.39. The minimum atomic E-state index is -0.0875. The molecule has 4 nitrogen and oxygen atoms in total. The summed E-state index contributed by atoms with van der Waals surface area (Å²) >= 11 is 0. The van der Waals surface area contributed by atoms with E-state index in [1.165, 1.54) is 49.5 Å². The second-order valence-electron chi connectivity index (χ2n) is 8.34. The fraction of sp³-hybridized carbons (Fsp3) is 0.682. The Morgan fingerprint density at radius 1 is 1.19 bits per heavy atom. The van der Waals surface area contributed by atoms with Crippen molar-refractivity contribution >= 4 is 5.97 Å². The van der Waals surface area contributed by atoms with Crippen LogP contribution in [0.25, 0.3) is 0 Å². The zero-order valence-electron chi connectivity index (χ0n) is 16.0. The van der Waals surface area contributed by atoms with Crippen LogP contribution in [0, 0.1) is 17.8 Å². The monoisotopic (exact) mass is 357 g/mol. The highest BCUT2D eigenvalue weighted by Gasteiger charge is 2.39. The van der Waals surface area contributed by atoms with E-state index >= 15 is 0 Å².